The van der Waals surface area contributed by atoms with Crippen LogP contribution in [0.4, 0.5) is 0 Å². The summed E-state index contributed by atoms with van der Waals surface area (Å²) in [5.74, 6) is 0.382. The Balaban J connectivity index is 2.84. The predicted octanol–water partition coefficient (Wildman–Crippen LogP) is 1.82. The van der Waals surface area contributed by atoms with Crippen molar-refractivity contribution in [1.82, 2.24) is 0 Å². The first-order chi connectivity index (χ1) is 7.14. The van der Waals surface area contributed by atoms with Gasteiger partial charge in [-0.1, -0.05) is 44.2 Å². The number of aliphatic hydroxyl groups is 1. The Hall–Kier alpha value is -0.860. The molecule has 1 atom stereocenters. The number of aliphatic hydroxyl groups excluding tert-OH is 1. The molecule has 0 aliphatic carbocycles. The van der Waals surface area contributed by atoms with E-state index in [1.54, 1.807) is 0 Å². The maximum absolute atomic E-state index is 9.53. The fourth-order valence-electron chi connectivity index (χ4n) is 1.82. The Morgan fingerprint density at radius 3 is 2.27 bits per heavy atom. The average Bonchev–Trinajstić information content (AvgIpc) is 2.27. The molecule has 0 heterocycles. The van der Waals surface area contributed by atoms with Gasteiger partial charge in [0.2, 0.25) is 0 Å². The fraction of sp³-hybridized carbons (Fsp3) is 0.538. The molecule has 0 radical (unpaired) electrons. The standard InChI is InChI=1S/C13H21NO/c1-11(2)13(9-14,10-15)8-12-6-4-3-5-7-12/h3-7,11,15H,8-10,14H2,1-2H3. The number of benzene rings is 1. The van der Waals surface area contributed by atoms with Gasteiger partial charge < -0.3 is 10.8 Å². The van der Waals surface area contributed by atoms with Crippen LogP contribution in [-0.2, 0) is 6.42 Å². The summed E-state index contributed by atoms with van der Waals surface area (Å²) < 4.78 is 0. The Labute approximate surface area is 92.1 Å². The molecule has 2 heteroatoms. The molecule has 1 unspecified atom stereocenters. The Bertz CT molecular complexity index is 278. The van der Waals surface area contributed by atoms with E-state index in [-0.39, 0.29) is 12.0 Å². The van der Waals surface area contributed by atoms with Crippen molar-refractivity contribution in [3.63, 3.8) is 0 Å². The van der Waals surface area contributed by atoms with E-state index in [1.807, 2.05) is 18.2 Å². The van der Waals surface area contributed by atoms with Crippen LogP contribution in [0.5, 0.6) is 0 Å². The monoisotopic (exact) mass is 207 g/mol. The molecule has 3 N–H and O–H groups in total. The van der Waals surface area contributed by atoms with E-state index in [4.69, 9.17) is 5.73 Å². The van der Waals surface area contributed by atoms with E-state index in [0.717, 1.165) is 6.42 Å². The SMILES string of the molecule is CC(C)C(CN)(CO)Cc1ccccc1. The maximum atomic E-state index is 9.53. The highest BCUT2D eigenvalue weighted by molar-refractivity contribution is 5.17. The first-order valence-corrected chi connectivity index (χ1v) is 5.49. The van der Waals surface area contributed by atoms with Gasteiger partial charge in [0.25, 0.3) is 0 Å². The van der Waals surface area contributed by atoms with Gasteiger partial charge >= 0.3 is 0 Å². The minimum absolute atomic E-state index is 0.149. The summed E-state index contributed by atoms with van der Waals surface area (Å²) >= 11 is 0. The van der Waals surface area contributed by atoms with Gasteiger partial charge in [-0.3, -0.25) is 0 Å². The Morgan fingerprint density at radius 1 is 1.27 bits per heavy atom. The average molecular weight is 207 g/mol. The molecule has 1 aromatic rings. The molecule has 0 bridgehead atoms. The third-order valence-corrected chi connectivity index (χ3v) is 3.35. The molecule has 0 aliphatic heterocycles. The molecular weight excluding hydrogens is 186 g/mol. The second-order valence-electron chi connectivity index (χ2n) is 4.54. The van der Waals surface area contributed by atoms with E-state index in [9.17, 15) is 5.11 Å². The summed E-state index contributed by atoms with van der Waals surface area (Å²) in [6.45, 7) is 4.91. The molecule has 0 saturated carbocycles. The van der Waals surface area contributed by atoms with E-state index >= 15 is 0 Å². The van der Waals surface area contributed by atoms with Gasteiger partial charge in [0.1, 0.15) is 0 Å². The minimum Gasteiger partial charge on any atom is -0.396 e. The van der Waals surface area contributed by atoms with Crippen molar-refractivity contribution >= 4 is 0 Å². The summed E-state index contributed by atoms with van der Waals surface area (Å²) in [5.41, 5.74) is 6.87. The van der Waals surface area contributed by atoms with Gasteiger partial charge in [0.15, 0.2) is 0 Å². The molecule has 0 amide bonds. The smallest absolute Gasteiger partial charge is 0.0505 e. The zero-order valence-electron chi connectivity index (χ0n) is 9.61. The first kappa shape index (κ1) is 12.2. The van der Waals surface area contributed by atoms with Crippen molar-refractivity contribution in [2.45, 2.75) is 20.3 Å². The van der Waals surface area contributed by atoms with Gasteiger partial charge in [-0.2, -0.15) is 0 Å². The van der Waals surface area contributed by atoms with Gasteiger partial charge in [0.05, 0.1) is 6.61 Å². The van der Waals surface area contributed by atoms with Crippen molar-refractivity contribution < 1.29 is 5.11 Å². The molecule has 0 fully saturated rings. The largest absolute Gasteiger partial charge is 0.396 e. The van der Waals surface area contributed by atoms with Crippen molar-refractivity contribution in [1.29, 1.82) is 0 Å². The highest BCUT2D eigenvalue weighted by atomic mass is 16.3. The predicted molar refractivity (Wildman–Crippen MR) is 63.6 cm³/mol. The Kier molecular flexibility index (Phi) is 4.30. The maximum Gasteiger partial charge on any atom is 0.0505 e. The number of rotatable bonds is 5. The van der Waals surface area contributed by atoms with Crippen molar-refractivity contribution in [3.05, 3.63) is 35.9 Å². The number of hydrogen-bond donors (Lipinski definition) is 2. The third-order valence-electron chi connectivity index (χ3n) is 3.35. The topological polar surface area (TPSA) is 46.2 Å². The van der Waals surface area contributed by atoms with Crippen molar-refractivity contribution in [2.75, 3.05) is 13.2 Å². The molecule has 0 aliphatic rings. The van der Waals surface area contributed by atoms with Crippen LogP contribution in [0.25, 0.3) is 0 Å². The zero-order chi connectivity index (χ0) is 11.3. The van der Waals surface area contributed by atoms with Crippen molar-refractivity contribution in [2.24, 2.45) is 17.1 Å². The van der Waals surface area contributed by atoms with Crippen LogP contribution in [0, 0.1) is 11.3 Å². The van der Waals surface area contributed by atoms with Gasteiger partial charge in [-0.05, 0) is 17.9 Å². The first-order valence-electron chi connectivity index (χ1n) is 5.49. The van der Waals surface area contributed by atoms with E-state index < -0.39 is 0 Å². The van der Waals surface area contributed by atoms with Gasteiger partial charge in [-0.25, -0.2) is 0 Å². The van der Waals surface area contributed by atoms with E-state index in [0.29, 0.717) is 12.5 Å². The molecule has 2 nitrogen and oxygen atoms in total. The lowest BCUT2D eigenvalue weighted by Gasteiger charge is -2.34. The quantitative estimate of drug-likeness (QED) is 0.773. The van der Waals surface area contributed by atoms with Gasteiger partial charge in [0, 0.05) is 12.0 Å². The third kappa shape index (κ3) is 2.80. The van der Waals surface area contributed by atoms with Crippen LogP contribution >= 0.6 is 0 Å². The summed E-state index contributed by atoms with van der Waals surface area (Å²) in [6.07, 6.45) is 0.846. The van der Waals surface area contributed by atoms with E-state index in [2.05, 4.69) is 26.0 Å². The van der Waals surface area contributed by atoms with Crippen LogP contribution < -0.4 is 5.73 Å². The van der Waals surface area contributed by atoms with Crippen molar-refractivity contribution in [3.8, 4) is 0 Å². The molecule has 0 aromatic heterocycles. The van der Waals surface area contributed by atoms with Gasteiger partial charge in [-0.15, -0.1) is 0 Å². The summed E-state index contributed by atoms with van der Waals surface area (Å²) in [6, 6.07) is 10.2. The fourth-order valence-corrected chi connectivity index (χ4v) is 1.82. The number of nitrogens with two attached hydrogens (primary N) is 1. The molecular formula is C13H21NO. The van der Waals surface area contributed by atoms with Crippen LogP contribution in [-0.4, -0.2) is 18.3 Å². The number of hydrogen-bond acceptors (Lipinski definition) is 2. The molecule has 1 aromatic carbocycles. The summed E-state index contributed by atoms with van der Waals surface area (Å²) in [5, 5.41) is 9.53. The summed E-state index contributed by atoms with van der Waals surface area (Å²) in [4.78, 5) is 0. The van der Waals surface area contributed by atoms with Crippen LogP contribution in [0.2, 0.25) is 0 Å². The molecule has 0 saturated heterocycles. The Morgan fingerprint density at radius 2 is 1.87 bits per heavy atom. The lowest BCUT2D eigenvalue weighted by molar-refractivity contribution is 0.0843. The normalized spacial score (nSPS) is 15.3. The second-order valence-corrected chi connectivity index (χ2v) is 4.54. The van der Waals surface area contributed by atoms with Crippen LogP contribution in [0.15, 0.2) is 30.3 Å². The highest BCUT2D eigenvalue weighted by Gasteiger charge is 2.31. The lowest BCUT2D eigenvalue weighted by Crippen LogP contribution is -2.41. The summed E-state index contributed by atoms with van der Waals surface area (Å²) in [7, 11) is 0. The molecule has 84 valence electrons. The molecule has 15 heavy (non-hydrogen) atoms. The lowest BCUT2D eigenvalue weighted by atomic mass is 9.73. The van der Waals surface area contributed by atoms with Crippen LogP contribution in [0.1, 0.15) is 19.4 Å². The molecule has 1 rings (SSSR count). The second kappa shape index (κ2) is 5.29. The van der Waals surface area contributed by atoms with E-state index in [1.165, 1.54) is 5.56 Å². The van der Waals surface area contributed by atoms with Crippen LogP contribution in [0.3, 0.4) is 0 Å². The zero-order valence-corrected chi connectivity index (χ0v) is 9.61. The minimum atomic E-state index is -0.179. The highest BCUT2D eigenvalue weighted by Crippen LogP contribution is 2.30. The molecule has 0 spiro atoms.